The van der Waals surface area contributed by atoms with Crippen molar-refractivity contribution in [3.63, 3.8) is 0 Å². The molecule has 0 radical (unpaired) electrons. The fourth-order valence-corrected chi connectivity index (χ4v) is 3.65. The quantitative estimate of drug-likeness (QED) is 0.430. The highest BCUT2D eigenvalue weighted by Gasteiger charge is 2.21. The Morgan fingerprint density at radius 1 is 1.18 bits per heavy atom. The van der Waals surface area contributed by atoms with Crippen LogP contribution in [0.4, 0.5) is 0 Å². The molecule has 0 spiro atoms. The summed E-state index contributed by atoms with van der Waals surface area (Å²) in [7, 11) is -2.42. The molecule has 3 rings (SSSR count). The van der Waals surface area contributed by atoms with Gasteiger partial charge in [-0.25, -0.2) is 0 Å². The monoisotopic (exact) mass is 425 g/mol. The maximum atomic E-state index is 10.5. The molecule has 1 aromatic rings. The average molecular weight is 426 g/mol. The summed E-state index contributed by atoms with van der Waals surface area (Å²) >= 11 is 5.49. The number of hydrogen-bond acceptors (Lipinski definition) is 4. The fraction of sp³-hybridized carbons (Fsp3) is 0.421. The molecule has 152 valence electrons. The Morgan fingerprint density at radius 2 is 1.82 bits per heavy atom. The number of nitrogens with one attached hydrogen (secondary N) is 1. The zero-order chi connectivity index (χ0) is 20.6. The third-order valence-electron chi connectivity index (χ3n) is 4.54. The number of nitrogens with zero attached hydrogens (tertiary/aromatic N) is 2. The zero-order valence-electron chi connectivity index (χ0n) is 15.6. The molecular weight excluding hydrogens is 402 g/mol. The standard InChI is InChI=1S/C13H19N3O.C6H5ClO3S/c1-17-13-9-11(16-14)7-8-12(13)15-10-5-3-2-4-6-10;7-5-1-3-6(4-2-5)11(8,9)10/h7-8,10,15H,2-6,9H2,1H3;1-4H,(H,8,9,10). The van der Waals surface area contributed by atoms with Gasteiger partial charge in [0.25, 0.3) is 15.8 Å². The third-order valence-corrected chi connectivity index (χ3v) is 5.66. The van der Waals surface area contributed by atoms with Crippen LogP contribution in [-0.4, -0.2) is 36.6 Å². The molecule has 1 saturated carbocycles. The predicted molar refractivity (Wildman–Crippen MR) is 108 cm³/mol. The summed E-state index contributed by atoms with van der Waals surface area (Å²) in [4.78, 5) is 3.06. The molecule has 0 bridgehead atoms. The van der Waals surface area contributed by atoms with Crippen LogP contribution >= 0.6 is 11.6 Å². The molecule has 1 aromatic carbocycles. The molecular formula is C19H24ClN3O4S. The summed E-state index contributed by atoms with van der Waals surface area (Å²) in [5, 5.41) is 3.96. The van der Waals surface area contributed by atoms with Gasteiger partial charge in [0.1, 0.15) is 12.2 Å². The van der Waals surface area contributed by atoms with Crippen molar-refractivity contribution >= 4 is 27.4 Å². The first-order valence-electron chi connectivity index (χ1n) is 8.99. The first-order chi connectivity index (χ1) is 13.3. The van der Waals surface area contributed by atoms with Crippen LogP contribution in [-0.2, 0) is 14.9 Å². The van der Waals surface area contributed by atoms with Gasteiger partial charge in [-0.05, 0) is 43.2 Å². The van der Waals surface area contributed by atoms with Crippen molar-refractivity contribution in [1.82, 2.24) is 5.32 Å². The largest absolute Gasteiger partial charge is 0.498 e. The van der Waals surface area contributed by atoms with E-state index < -0.39 is 10.1 Å². The number of hydrogen-bond donors (Lipinski definition) is 2. The predicted octanol–water partition coefficient (Wildman–Crippen LogP) is 3.98. The van der Waals surface area contributed by atoms with Crippen LogP contribution in [0.5, 0.6) is 0 Å². The first kappa shape index (κ1) is 22.2. The van der Waals surface area contributed by atoms with Crippen molar-refractivity contribution in [3.05, 3.63) is 58.4 Å². The van der Waals surface area contributed by atoms with Gasteiger partial charge >= 0.3 is 0 Å². The van der Waals surface area contributed by atoms with Crippen LogP contribution < -0.4 is 5.32 Å². The molecule has 0 aliphatic heterocycles. The summed E-state index contributed by atoms with van der Waals surface area (Å²) in [6, 6.07) is 5.81. The van der Waals surface area contributed by atoms with Crippen LogP contribution in [0.15, 0.2) is 52.8 Å². The Kier molecular flexibility index (Phi) is 8.26. The lowest BCUT2D eigenvalue weighted by Gasteiger charge is -2.26. The van der Waals surface area contributed by atoms with Crippen molar-refractivity contribution in [3.8, 4) is 0 Å². The minimum Gasteiger partial charge on any atom is -0.498 e. The molecule has 7 nitrogen and oxygen atoms in total. The average Bonchev–Trinajstić information content (AvgIpc) is 2.69. The van der Waals surface area contributed by atoms with Gasteiger partial charge in [-0.2, -0.15) is 13.2 Å². The van der Waals surface area contributed by atoms with Crippen molar-refractivity contribution in [2.75, 3.05) is 7.11 Å². The van der Waals surface area contributed by atoms with E-state index in [-0.39, 0.29) is 4.90 Å². The topological polar surface area (TPSA) is 112 Å². The van der Waals surface area contributed by atoms with E-state index in [9.17, 15) is 8.42 Å². The lowest BCUT2D eigenvalue weighted by molar-refractivity contribution is -0.00671. The van der Waals surface area contributed by atoms with Gasteiger partial charge in [0.2, 0.25) is 0 Å². The van der Waals surface area contributed by atoms with Gasteiger partial charge in [0, 0.05) is 17.1 Å². The van der Waals surface area contributed by atoms with Crippen molar-refractivity contribution in [2.24, 2.45) is 0 Å². The van der Waals surface area contributed by atoms with Gasteiger partial charge in [-0.15, -0.1) is 0 Å². The van der Waals surface area contributed by atoms with Crippen LogP contribution in [0.1, 0.15) is 38.5 Å². The molecule has 0 saturated heterocycles. The molecule has 0 amide bonds. The summed E-state index contributed by atoms with van der Waals surface area (Å²) in [6.45, 7) is 0. The number of ether oxygens (including phenoxy) is 1. The molecule has 9 heteroatoms. The van der Waals surface area contributed by atoms with Crippen LogP contribution in [0.3, 0.4) is 0 Å². The highest BCUT2D eigenvalue weighted by molar-refractivity contribution is 7.85. The first-order valence-corrected chi connectivity index (χ1v) is 10.8. The number of methoxy groups -OCH3 is 1. The van der Waals surface area contributed by atoms with Crippen LogP contribution in [0, 0.1) is 0 Å². The molecule has 0 atom stereocenters. The van der Waals surface area contributed by atoms with Gasteiger partial charge in [-0.1, -0.05) is 30.9 Å². The summed E-state index contributed by atoms with van der Waals surface area (Å²) < 4.78 is 34.8. The lowest BCUT2D eigenvalue weighted by Crippen LogP contribution is -2.31. The Balaban J connectivity index is 0.000000221. The normalized spacial score (nSPS) is 17.5. The van der Waals surface area contributed by atoms with E-state index in [0.29, 0.717) is 23.2 Å². The zero-order valence-corrected chi connectivity index (χ0v) is 17.2. The van der Waals surface area contributed by atoms with Crippen molar-refractivity contribution in [2.45, 2.75) is 49.5 Å². The summed E-state index contributed by atoms with van der Waals surface area (Å²) in [5.41, 5.74) is 10.4. The molecule has 1 fully saturated rings. The number of benzene rings is 1. The molecule has 0 heterocycles. The van der Waals surface area contributed by atoms with Crippen LogP contribution in [0.25, 0.3) is 5.53 Å². The van der Waals surface area contributed by atoms with Gasteiger partial charge in [0.05, 0.1) is 17.7 Å². The Morgan fingerprint density at radius 3 is 2.36 bits per heavy atom. The maximum absolute atomic E-state index is 10.5. The second-order valence-corrected chi connectivity index (χ2v) is 8.41. The molecule has 2 N–H and O–H groups in total. The molecule has 0 aromatic heterocycles. The van der Waals surface area contributed by atoms with E-state index >= 15 is 0 Å². The molecule has 28 heavy (non-hydrogen) atoms. The smallest absolute Gasteiger partial charge is 0.299 e. The highest BCUT2D eigenvalue weighted by Crippen LogP contribution is 2.22. The second kappa shape index (κ2) is 10.4. The molecule has 2 aliphatic carbocycles. The lowest BCUT2D eigenvalue weighted by atomic mass is 9.95. The minimum absolute atomic E-state index is 0.151. The van der Waals surface area contributed by atoms with E-state index in [1.54, 1.807) is 7.11 Å². The SMILES string of the molecule is COC1=C(NC2CCCCC2)C=CC(=[N+]=[N-])C1.O=S(=O)(O)c1ccc(Cl)cc1. The second-order valence-electron chi connectivity index (χ2n) is 6.55. The van der Waals surface area contributed by atoms with Gasteiger partial charge in [0.15, 0.2) is 0 Å². The fourth-order valence-electron chi connectivity index (χ4n) is 3.04. The highest BCUT2D eigenvalue weighted by atomic mass is 35.5. The minimum atomic E-state index is -4.08. The summed E-state index contributed by atoms with van der Waals surface area (Å²) in [6.07, 6.45) is 10.7. The Labute approximate surface area is 170 Å². The van der Waals surface area contributed by atoms with Crippen LogP contribution in [0.2, 0.25) is 5.02 Å². The number of rotatable bonds is 4. The van der Waals surface area contributed by atoms with Gasteiger partial charge in [-0.3, -0.25) is 4.55 Å². The van der Waals surface area contributed by atoms with Gasteiger partial charge < -0.3 is 15.6 Å². The van der Waals surface area contributed by atoms with Crippen molar-refractivity contribution < 1.29 is 22.5 Å². The third kappa shape index (κ3) is 6.80. The van der Waals surface area contributed by atoms with E-state index in [1.807, 2.05) is 12.2 Å². The Bertz CT molecular complexity index is 882. The van der Waals surface area contributed by atoms with E-state index in [2.05, 4.69) is 10.1 Å². The van der Waals surface area contributed by atoms with E-state index in [1.165, 1.54) is 56.4 Å². The van der Waals surface area contributed by atoms with E-state index in [0.717, 1.165) is 11.5 Å². The number of allylic oxidation sites excluding steroid dienone is 3. The van der Waals surface area contributed by atoms with E-state index in [4.69, 9.17) is 26.4 Å². The number of halogens is 1. The Hall–Kier alpha value is -2.12. The van der Waals surface area contributed by atoms with Crippen molar-refractivity contribution in [1.29, 1.82) is 0 Å². The molecule has 2 aliphatic rings. The molecule has 0 unspecified atom stereocenters. The maximum Gasteiger partial charge on any atom is 0.299 e. The summed E-state index contributed by atoms with van der Waals surface area (Å²) in [5.74, 6) is 0.853.